The minimum Gasteiger partial charge on any atom is -0.357 e. The number of hydrogen-bond donors (Lipinski definition) is 2. The first-order valence-corrected chi connectivity index (χ1v) is 10.2. The molecule has 2 N–H and O–H groups in total. The van der Waals surface area contributed by atoms with E-state index in [2.05, 4.69) is 49.6 Å². The molecule has 0 bridgehead atoms. The Kier molecular flexibility index (Phi) is 9.77. The number of halogens is 2. The summed E-state index contributed by atoms with van der Waals surface area (Å²) < 4.78 is 13.4. The highest BCUT2D eigenvalue weighted by Gasteiger charge is 2.14. The lowest BCUT2D eigenvalue weighted by atomic mass is 10.1. The minimum atomic E-state index is -0.179. The molecule has 1 saturated heterocycles. The molecule has 30 heavy (non-hydrogen) atoms. The average molecular weight is 526 g/mol. The van der Waals surface area contributed by atoms with Crippen molar-refractivity contribution in [1.82, 2.24) is 20.5 Å². The van der Waals surface area contributed by atoms with E-state index in [4.69, 9.17) is 0 Å². The van der Waals surface area contributed by atoms with E-state index in [1.807, 2.05) is 19.2 Å². The van der Waals surface area contributed by atoms with E-state index in [1.165, 1.54) is 6.07 Å². The van der Waals surface area contributed by atoms with Gasteiger partial charge in [0.15, 0.2) is 5.96 Å². The first-order chi connectivity index (χ1) is 14.0. The first-order valence-electron chi connectivity index (χ1n) is 10.2. The van der Waals surface area contributed by atoms with Gasteiger partial charge in [-0.1, -0.05) is 18.2 Å². The van der Waals surface area contributed by atoms with Gasteiger partial charge in [0.25, 0.3) is 0 Å². The molecule has 2 aromatic rings. The second-order valence-corrected chi connectivity index (χ2v) is 7.45. The van der Waals surface area contributed by atoms with Crippen molar-refractivity contribution in [3.8, 4) is 0 Å². The van der Waals surface area contributed by atoms with Gasteiger partial charge in [-0.3, -0.25) is 0 Å². The van der Waals surface area contributed by atoms with E-state index >= 15 is 0 Å². The second kappa shape index (κ2) is 12.0. The van der Waals surface area contributed by atoms with Gasteiger partial charge in [-0.05, 0) is 49.7 Å². The van der Waals surface area contributed by atoms with E-state index in [1.54, 1.807) is 13.0 Å². The van der Waals surface area contributed by atoms with Crippen molar-refractivity contribution in [2.24, 2.45) is 4.99 Å². The van der Waals surface area contributed by atoms with Crippen LogP contribution in [0.3, 0.4) is 0 Å². The lowest BCUT2D eigenvalue weighted by molar-refractivity contribution is 0.312. The van der Waals surface area contributed by atoms with Gasteiger partial charge in [-0.25, -0.2) is 14.4 Å². The van der Waals surface area contributed by atoms with E-state index in [0.717, 1.165) is 55.6 Å². The molecule has 1 fully saturated rings. The van der Waals surface area contributed by atoms with Crippen molar-refractivity contribution in [3.05, 3.63) is 59.0 Å². The number of pyridine rings is 1. The molecule has 1 aliphatic heterocycles. The molecule has 0 aliphatic carbocycles. The van der Waals surface area contributed by atoms with Crippen LogP contribution >= 0.6 is 24.0 Å². The molecule has 6 nitrogen and oxygen atoms in total. The van der Waals surface area contributed by atoms with Crippen LogP contribution in [-0.4, -0.2) is 55.6 Å². The predicted molar refractivity (Wildman–Crippen MR) is 132 cm³/mol. The Balaban J connectivity index is 0.00000320. The number of benzene rings is 1. The normalized spacial score (nSPS) is 14.9. The van der Waals surface area contributed by atoms with Gasteiger partial charge in [0.2, 0.25) is 0 Å². The van der Waals surface area contributed by atoms with Gasteiger partial charge in [0.05, 0.1) is 6.54 Å². The summed E-state index contributed by atoms with van der Waals surface area (Å²) in [5, 5.41) is 6.55. The molecule has 8 heteroatoms. The van der Waals surface area contributed by atoms with Crippen molar-refractivity contribution in [2.45, 2.75) is 26.9 Å². The Morgan fingerprint density at radius 3 is 2.47 bits per heavy atom. The Bertz CT molecular complexity index is 819. The number of aryl methyl sites for hydroxylation is 1. The Morgan fingerprint density at radius 1 is 1.10 bits per heavy atom. The maximum absolute atomic E-state index is 13.4. The van der Waals surface area contributed by atoms with Gasteiger partial charge < -0.3 is 20.4 Å². The smallest absolute Gasteiger partial charge is 0.191 e. The summed E-state index contributed by atoms with van der Waals surface area (Å²) in [4.78, 5) is 13.9. The quantitative estimate of drug-likeness (QED) is 0.344. The second-order valence-electron chi connectivity index (χ2n) is 7.45. The maximum atomic E-state index is 13.4. The van der Waals surface area contributed by atoms with Gasteiger partial charge in [-0.2, -0.15) is 0 Å². The van der Waals surface area contributed by atoms with Crippen LogP contribution < -0.4 is 15.5 Å². The number of piperazine rings is 1. The number of rotatable bonds is 6. The number of nitrogens with zero attached hydrogens (tertiary/aromatic N) is 4. The van der Waals surface area contributed by atoms with Crippen LogP contribution in [0.25, 0.3) is 0 Å². The van der Waals surface area contributed by atoms with Crippen molar-refractivity contribution in [2.75, 3.05) is 44.7 Å². The zero-order valence-corrected chi connectivity index (χ0v) is 20.3. The molecule has 1 aromatic carbocycles. The molecular weight excluding hydrogens is 494 g/mol. The van der Waals surface area contributed by atoms with Crippen LogP contribution in [-0.2, 0) is 13.1 Å². The van der Waals surface area contributed by atoms with E-state index < -0.39 is 0 Å². The summed E-state index contributed by atoms with van der Waals surface area (Å²) in [5.74, 6) is 1.59. The lowest BCUT2D eigenvalue weighted by Gasteiger charge is -2.33. The molecule has 1 aliphatic rings. The fourth-order valence-electron chi connectivity index (χ4n) is 3.25. The van der Waals surface area contributed by atoms with E-state index in [-0.39, 0.29) is 29.8 Å². The van der Waals surface area contributed by atoms with Crippen LogP contribution in [0.5, 0.6) is 0 Å². The standard InChI is InChI=1S/C22H31FN6.HI/c1-4-24-22(26-14-18-5-7-20(23)17(2)13-18)27-16-19-6-8-21(25-15-19)29-11-9-28(3)10-12-29;/h5-8,13,15H,4,9-12,14,16H2,1-3H3,(H2,24,26,27);1H. The number of guanidine groups is 1. The fraction of sp³-hybridized carbons (Fsp3) is 0.455. The first kappa shape index (κ1) is 24.3. The van der Waals surface area contributed by atoms with Gasteiger partial charge in [-0.15, -0.1) is 24.0 Å². The maximum Gasteiger partial charge on any atom is 0.191 e. The summed E-state index contributed by atoms with van der Waals surface area (Å²) in [5.41, 5.74) is 2.74. The number of hydrogen-bond acceptors (Lipinski definition) is 4. The van der Waals surface area contributed by atoms with Crippen LogP contribution in [0, 0.1) is 12.7 Å². The topological polar surface area (TPSA) is 55.8 Å². The molecule has 2 heterocycles. The van der Waals surface area contributed by atoms with E-state index in [0.29, 0.717) is 18.7 Å². The molecule has 0 atom stereocenters. The zero-order chi connectivity index (χ0) is 20.6. The fourth-order valence-corrected chi connectivity index (χ4v) is 3.25. The van der Waals surface area contributed by atoms with Gasteiger partial charge >= 0.3 is 0 Å². The summed E-state index contributed by atoms with van der Waals surface area (Å²) in [6.07, 6.45) is 1.91. The highest BCUT2D eigenvalue weighted by atomic mass is 127. The SMILES string of the molecule is CCNC(=NCc1ccc(N2CCN(C)CC2)nc1)NCc1ccc(F)c(C)c1.I. The van der Waals surface area contributed by atoms with Crippen molar-refractivity contribution in [3.63, 3.8) is 0 Å². The average Bonchev–Trinajstić information content (AvgIpc) is 2.73. The highest BCUT2D eigenvalue weighted by Crippen LogP contribution is 2.14. The summed E-state index contributed by atoms with van der Waals surface area (Å²) >= 11 is 0. The molecule has 164 valence electrons. The lowest BCUT2D eigenvalue weighted by Crippen LogP contribution is -2.44. The predicted octanol–water partition coefficient (Wildman–Crippen LogP) is 3.15. The summed E-state index contributed by atoms with van der Waals surface area (Å²) in [6, 6.07) is 9.33. The van der Waals surface area contributed by atoms with Gasteiger partial charge in [0, 0.05) is 45.5 Å². The number of nitrogens with one attached hydrogen (secondary N) is 2. The summed E-state index contributed by atoms with van der Waals surface area (Å²) in [6.45, 7) is 9.88. The number of aliphatic imine (C=N–C) groups is 1. The Morgan fingerprint density at radius 2 is 1.83 bits per heavy atom. The number of anilines is 1. The van der Waals surface area contributed by atoms with Crippen LogP contribution in [0.2, 0.25) is 0 Å². The van der Waals surface area contributed by atoms with Crippen LogP contribution in [0.15, 0.2) is 41.5 Å². The molecule has 0 unspecified atom stereocenters. The molecule has 3 rings (SSSR count). The minimum absolute atomic E-state index is 0. The Labute approximate surface area is 196 Å². The van der Waals surface area contributed by atoms with E-state index in [9.17, 15) is 4.39 Å². The third-order valence-electron chi connectivity index (χ3n) is 5.08. The molecule has 0 radical (unpaired) electrons. The molecule has 0 amide bonds. The number of aromatic nitrogens is 1. The summed E-state index contributed by atoms with van der Waals surface area (Å²) in [7, 11) is 2.15. The van der Waals surface area contributed by atoms with Crippen molar-refractivity contribution < 1.29 is 4.39 Å². The molecular formula is C22H32FIN6. The third-order valence-corrected chi connectivity index (χ3v) is 5.08. The monoisotopic (exact) mass is 526 g/mol. The van der Waals surface area contributed by atoms with Gasteiger partial charge in [0.1, 0.15) is 11.6 Å². The molecule has 0 saturated carbocycles. The van der Waals surface area contributed by atoms with Crippen LogP contribution in [0.4, 0.5) is 10.2 Å². The Hall–Kier alpha value is -1.94. The highest BCUT2D eigenvalue weighted by molar-refractivity contribution is 14.0. The molecule has 0 spiro atoms. The van der Waals surface area contributed by atoms with Crippen LogP contribution in [0.1, 0.15) is 23.6 Å². The molecule has 1 aromatic heterocycles. The zero-order valence-electron chi connectivity index (χ0n) is 18.0. The number of likely N-dealkylation sites (N-methyl/N-ethyl adjacent to an activating group) is 1. The van der Waals surface area contributed by atoms with Crippen molar-refractivity contribution >= 4 is 35.8 Å². The van der Waals surface area contributed by atoms with Crippen molar-refractivity contribution in [1.29, 1.82) is 0 Å². The third kappa shape index (κ3) is 7.09. The largest absolute Gasteiger partial charge is 0.357 e.